The van der Waals surface area contributed by atoms with Crippen molar-refractivity contribution in [1.82, 2.24) is 0 Å². The van der Waals surface area contributed by atoms with Gasteiger partial charge in [0.25, 0.3) is 10.0 Å². The lowest BCUT2D eigenvalue weighted by molar-refractivity contribution is -0.274. The average Bonchev–Trinajstić information content (AvgIpc) is 2.51. The third-order valence-electron chi connectivity index (χ3n) is 3.18. The van der Waals surface area contributed by atoms with Gasteiger partial charge in [0.2, 0.25) is 0 Å². The van der Waals surface area contributed by atoms with Crippen molar-refractivity contribution in [2.24, 2.45) is 0 Å². The van der Waals surface area contributed by atoms with Gasteiger partial charge in [-0.05, 0) is 36.2 Å². The van der Waals surface area contributed by atoms with E-state index in [2.05, 4.69) is 9.46 Å². The van der Waals surface area contributed by atoms with Crippen molar-refractivity contribution in [3.05, 3.63) is 54.1 Å². The molecule has 0 spiro atoms. The first-order valence-corrected chi connectivity index (χ1v) is 8.73. The van der Waals surface area contributed by atoms with Gasteiger partial charge < -0.3 is 9.84 Å². The van der Waals surface area contributed by atoms with Gasteiger partial charge in [-0.3, -0.25) is 9.52 Å². The highest BCUT2D eigenvalue weighted by atomic mass is 32.2. The van der Waals surface area contributed by atoms with E-state index in [0.29, 0.717) is 5.56 Å². The Hall–Kier alpha value is -2.75. The molecule has 0 bridgehead atoms. The maximum absolute atomic E-state index is 12.3. The van der Waals surface area contributed by atoms with E-state index in [-0.39, 0.29) is 23.4 Å². The average molecular weight is 389 g/mol. The summed E-state index contributed by atoms with van der Waals surface area (Å²) in [6.45, 7) is 0. The van der Waals surface area contributed by atoms with Crippen molar-refractivity contribution in [3.8, 4) is 5.75 Å². The quantitative estimate of drug-likeness (QED) is 0.757. The topological polar surface area (TPSA) is 92.7 Å². The summed E-state index contributed by atoms with van der Waals surface area (Å²) in [7, 11) is -4.02. The molecule has 0 amide bonds. The number of ether oxygens (including phenoxy) is 1. The second-order valence-corrected chi connectivity index (χ2v) is 6.90. The monoisotopic (exact) mass is 389 g/mol. The van der Waals surface area contributed by atoms with Crippen molar-refractivity contribution in [1.29, 1.82) is 0 Å². The zero-order valence-electron chi connectivity index (χ0n) is 13.2. The Balaban J connectivity index is 2.13. The number of benzene rings is 2. The number of alkyl halides is 3. The van der Waals surface area contributed by atoms with E-state index in [0.717, 1.165) is 12.1 Å². The van der Waals surface area contributed by atoms with Gasteiger partial charge in [0.1, 0.15) is 5.75 Å². The predicted octanol–water partition coefficient (Wildman–Crippen LogP) is 3.40. The number of hydrogen-bond acceptors (Lipinski definition) is 4. The minimum absolute atomic E-state index is 0.0870. The number of carboxylic acid groups (broad SMARTS) is 1. The van der Waals surface area contributed by atoms with Crippen molar-refractivity contribution in [3.63, 3.8) is 0 Å². The van der Waals surface area contributed by atoms with Gasteiger partial charge >= 0.3 is 12.3 Å². The maximum Gasteiger partial charge on any atom is 0.573 e. The number of carboxylic acids is 1. The van der Waals surface area contributed by atoms with Crippen LogP contribution in [0.25, 0.3) is 0 Å². The summed E-state index contributed by atoms with van der Waals surface area (Å²) in [6.07, 6.45) is -4.72. The molecule has 26 heavy (non-hydrogen) atoms. The molecule has 2 rings (SSSR count). The van der Waals surface area contributed by atoms with Gasteiger partial charge in [-0.15, -0.1) is 13.2 Å². The molecule has 2 aromatic rings. The van der Waals surface area contributed by atoms with E-state index >= 15 is 0 Å². The van der Waals surface area contributed by atoms with Crippen molar-refractivity contribution in [2.75, 3.05) is 4.72 Å². The molecule has 0 fully saturated rings. The van der Waals surface area contributed by atoms with Crippen LogP contribution in [-0.4, -0.2) is 25.9 Å². The Kier molecular flexibility index (Phi) is 5.76. The van der Waals surface area contributed by atoms with Gasteiger partial charge in [0, 0.05) is 12.5 Å². The normalized spacial score (nSPS) is 11.8. The zero-order valence-corrected chi connectivity index (χ0v) is 14.0. The van der Waals surface area contributed by atoms with Crippen LogP contribution in [0.5, 0.6) is 5.75 Å². The van der Waals surface area contributed by atoms with Crippen LogP contribution in [0, 0.1) is 0 Å². The maximum atomic E-state index is 12.3. The molecule has 2 N–H and O–H groups in total. The van der Waals surface area contributed by atoms with Crippen molar-refractivity contribution >= 4 is 21.7 Å². The Morgan fingerprint density at radius 3 is 2.35 bits per heavy atom. The molecule has 0 unspecified atom stereocenters. The van der Waals surface area contributed by atoms with Crippen LogP contribution >= 0.6 is 0 Å². The SMILES string of the molecule is O=C(O)CCc1ccc(S(=O)(=O)Nc2cccc(OC(F)(F)F)c2)cc1. The van der Waals surface area contributed by atoms with E-state index in [9.17, 15) is 26.4 Å². The van der Waals surface area contributed by atoms with E-state index < -0.39 is 28.1 Å². The third kappa shape index (κ3) is 5.96. The number of rotatable bonds is 7. The summed E-state index contributed by atoms with van der Waals surface area (Å²) >= 11 is 0. The molecule has 0 atom stereocenters. The summed E-state index contributed by atoms with van der Waals surface area (Å²) in [6, 6.07) is 9.97. The Labute approximate surface area is 147 Å². The van der Waals surface area contributed by atoms with Gasteiger partial charge in [0.05, 0.1) is 10.6 Å². The summed E-state index contributed by atoms with van der Waals surface area (Å²) in [5, 5.41) is 8.63. The summed E-state index contributed by atoms with van der Waals surface area (Å²) < 4.78 is 67.2. The second-order valence-electron chi connectivity index (χ2n) is 5.22. The highest BCUT2D eigenvalue weighted by Gasteiger charge is 2.31. The van der Waals surface area contributed by atoms with Crippen LogP contribution in [0.15, 0.2) is 53.4 Å². The van der Waals surface area contributed by atoms with Crippen LogP contribution in [0.2, 0.25) is 0 Å². The third-order valence-corrected chi connectivity index (χ3v) is 4.58. The molecule has 0 heterocycles. The van der Waals surface area contributed by atoms with Crippen LogP contribution in [0.4, 0.5) is 18.9 Å². The molecule has 0 aromatic heterocycles. The first kappa shape index (κ1) is 19.6. The summed E-state index contributed by atoms with van der Waals surface area (Å²) in [5.74, 6) is -1.52. The smallest absolute Gasteiger partial charge is 0.481 e. The molecule has 0 radical (unpaired) electrons. The molecule has 0 aliphatic heterocycles. The molecule has 6 nitrogen and oxygen atoms in total. The molecule has 2 aromatic carbocycles. The van der Waals surface area contributed by atoms with Gasteiger partial charge in [-0.2, -0.15) is 0 Å². The first-order valence-electron chi connectivity index (χ1n) is 7.24. The van der Waals surface area contributed by atoms with Gasteiger partial charge in [-0.25, -0.2) is 8.42 Å². The fraction of sp³-hybridized carbons (Fsp3) is 0.188. The highest BCUT2D eigenvalue weighted by Crippen LogP contribution is 2.26. The van der Waals surface area contributed by atoms with E-state index in [1.807, 2.05) is 0 Å². The minimum Gasteiger partial charge on any atom is -0.481 e. The minimum atomic E-state index is -4.89. The van der Waals surface area contributed by atoms with Crippen LogP contribution in [0.1, 0.15) is 12.0 Å². The Morgan fingerprint density at radius 2 is 1.77 bits per heavy atom. The Bertz CT molecular complexity index is 880. The van der Waals surface area contributed by atoms with Gasteiger partial charge in [-0.1, -0.05) is 18.2 Å². The van der Waals surface area contributed by atoms with Crippen LogP contribution in [0.3, 0.4) is 0 Å². The van der Waals surface area contributed by atoms with Gasteiger partial charge in [0.15, 0.2) is 0 Å². The molecule has 140 valence electrons. The van der Waals surface area contributed by atoms with Crippen LogP contribution in [-0.2, 0) is 21.2 Å². The van der Waals surface area contributed by atoms with E-state index in [4.69, 9.17) is 5.11 Å². The van der Waals surface area contributed by atoms with Crippen molar-refractivity contribution < 1.29 is 36.2 Å². The number of aryl methyl sites for hydroxylation is 1. The molecular weight excluding hydrogens is 375 g/mol. The fourth-order valence-electron chi connectivity index (χ4n) is 2.06. The molecule has 0 aliphatic carbocycles. The summed E-state index contributed by atoms with van der Waals surface area (Å²) in [4.78, 5) is 10.4. The number of sulfonamides is 1. The standard InChI is InChI=1S/C16H14F3NO5S/c17-16(18,19)25-13-3-1-2-12(10-13)20-26(23,24)14-7-4-11(5-8-14)6-9-15(21)22/h1-5,7-8,10,20H,6,9H2,(H,21,22). The molecule has 10 heteroatoms. The second kappa shape index (κ2) is 7.65. The Morgan fingerprint density at radius 1 is 1.12 bits per heavy atom. The molecule has 0 aliphatic rings. The lowest BCUT2D eigenvalue weighted by Gasteiger charge is -2.12. The molecule has 0 saturated carbocycles. The van der Waals surface area contributed by atoms with Crippen LogP contribution < -0.4 is 9.46 Å². The lowest BCUT2D eigenvalue weighted by atomic mass is 10.1. The number of nitrogens with one attached hydrogen (secondary N) is 1. The lowest BCUT2D eigenvalue weighted by Crippen LogP contribution is -2.17. The highest BCUT2D eigenvalue weighted by molar-refractivity contribution is 7.92. The number of aliphatic carboxylic acids is 1. The number of carbonyl (C=O) groups is 1. The number of halogens is 3. The fourth-order valence-corrected chi connectivity index (χ4v) is 3.11. The number of anilines is 1. The first-order chi connectivity index (χ1) is 12.0. The number of hydrogen-bond donors (Lipinski definition) is 2. The van der Waals surface area contributed by atoms with E-state index in [1.165, 1.54) is 36.4 Å². The van der Waals surface area contributed by atoms with Crippen molar-refractivity contribution in [2.45, 2.75) is 24.1 Å². The molecular formula is C16H14F3NO5S. The van der Waals surface area contributed by atoms with E-state index in [1.54, 1.807) is 0 Å². The zero-order chi connectivity index (χ0) is 19.4. The predicted molar refractivity (Wildman–Crippen MR) is 86.3 cm³/mol. The largest absolute Gasteiger partial charge is 0.573 e. The molecule has 0 saturated heterocycles. The summed E-state index contributed by atoms with van der Waals surface area (Å²) in [5.41, 5.74) is 0.550.